The zero-order valence-corrected chi connectivity index (χ0v) is 17.8. The second-order valence-corrected chi connectivity index (χ2v) is 7.25. The van der Waals surface area contributed by atoms with E-state index < -0.39 is 6.09 Å². The molecule has 3 rings (SSSR count). The molecule has 3 aromatic rings. The maximum Gasteiger partial charge on any atom is 0.407 e. The zero-order chi connectivity index (χ0) is 21.1. The van der Waals surface area contributed by atoms with Gasteiger partial charge in [-0.15, -0.1) is 0 Å². The molecule has 0 radical (unpaired) electrons. The molecule has 0 unspecified atom stereocenters. The summed E-state index contributed by atoms with van der Waals surface area (Å²) in [6, 6.07) is 10.8. The van der Waals surface area contributed by atoms with E-state index in [1.165, 1.54) is 14.2 Å². The number of hydrogen-bond acceptors (Lipinski definition) is 4. The van der Waals surface area contributed by atoms with E-state index in [1.54, 1.807) is 24.4 Å². The van der Waals surface area contributed by atoms with Crippen molar-refractivity contribution in [2.75, 3.05) is 14.2 Å². The van der Waals surface area contributed by atoms with Gasteiger partial charge in [-0.25, -0.2) is 14.8 Å². The first-order valence-electron chi connectivity index (χ1n) is 8.40. The fourth-order valence-corrected chi connectivity index (χ4v) is 3.50. The number of ether oxygens (including phenoxy) is 1. The van der Waals surface area contributed by atoms with E-state index in [4.69, 9.17) is 44.6 Å². The summed E-state index contributed by atoms with van der Waals surface area (Å²) in [6.45, 7) is 0.144. The van der Waals surface area contributed by atoms with Crippen molar-refractivity contribution < 1.29 is 14.6 Å². The molecule has 0 aliphatic heterocycles. The lowest BCUT2D eigenvalue weighted by Crippen LogP contribution is -2.24. The van der Waals surface area contributed by atoms with Crippen molar-refractivity contribution in [3.8, 4) is 28.3 Å². The Morgan fingerprint density at radius 1 is 1.07 bits per heavy atom. The minimum absolute atomic E-state index is 0.144. The largest absolute Gasteiger partial charge is 0.481 e. The molecule has 0 saturated carbocycles. The number of amides is 1. The summed E-state index contributed by atoms with van der Waals surface area (Å²) in [5.74, 6) is 0.321. The number of hydrogen-bond donors (Lipinski definition) is 1. The van der Waals surface area contributed by atoms with Crippen molar-refractivity contribution in [2.45, 2.75) is 6.54 Å². The Bertz CT molecular complexity index is 1080. The van der Waals surface area contributed by atoms with Gasteiger partial charge < -0.3 is 14.7 Å². The number of nitrogens with zero attached hydrogens (tertiary/aromatic N) is 3. The summed E-state index contributed by atoms with van der Waals surface area (Å²) in [6.07, 6.45) is 0.515. The maximum absolute atomic E-state index is 11.1. The molecule has 0 fully saturated rings. The summed E-state index contributed by atoms with van der Waals surface area (Å²) in [5, 5.41) is 10.0. The molecule has 2 heterocycles. The predicted octanol–water partition coefficient (Wildman–Crippen LogP) is 5.89. The first-order chi connectivity index (χ1) is 13.8. The lowest BCUT2D eigenvalue weighted by atomic mass is 10.0. The van der Waals surface area contributed by atoms with E-state index in [-0.39, 0.29) is 11.7 Å². The predicted molar refractivity (Wildman–Crippen MR) is 114 cm³/mol. The van der Waals surface area contributed by atoms with Crippen molar-refractivity contribution in [1.29, 1.82) is 0 Å². The van der Waals surface area contributed by atoms with Gasteiger partial charge in [0.25, 0.3) is 0 Å². The number of pyridine rings is 2. The van der Waals surface area contributed by atoms with Gasteiger partial charge in [0.1, 0.15) is 5.15 Å². The highest BCUT2D eigenvalue weighted by molar-refractivity contribution is 6.43. The van der Waals surface area contributed by atoms with Gasteiger partial charge in [-0.05, 0) is 18.2 Å². The summed E-state index contributed by atoms with van der Waals surface area (Å²) in [7, 11) is 2.95. The smallest absolute Gasteiger partial charge is 0.407 e. The second kappa shape index (κ2) is 8.86. The van der Waals surface area contributed by atoms with Crippen LogP contribution < -0.4 is 4.74 Å². The van der Waals surface area contributed by atoms with Crippen molar-refractivity contribution in [2.24, 2.45) is 0 Å². The van der Waals surface area contributed by atoms with Crippen LogP contribution >= 0.6 is 34.8 Å². The Labute approximate surface area is 182 Å². The Morgan fingerprint density at radius 2 is 1.76 bits per heavy atom. The standard InChI is InChI=1S/C20H16Cl3N3O3/c1-26(20(27)28)10-11-6-7-15(25-19(11)29-2)14-5-3-4-12(16(14)21)13-8-9-24-18(23)17(13)22/h3-9H,10H2,1-2H3,(H,27,28). The maximum atomic E-state index is 11.1. The molecular formula is C20H16Cl3N3O3. The third-order valence-electron chi connectivity index (χ3n) is 4.28. The number of aromatic nitrogens is 2. The molecule has 9 heteroatoms. The van der Waals surface area contributed by atoms with Crippen LogP contribution in [0.2, 0.25) is 15.2 Å². The van der Waals surface area contributed by atoms with Crippen LogP contribution in [0, 0.1) is 0 Å². The Balaban J connectivity index is 2.05. The molecule has 150 valence electrons. The van der Waals surface area contributed by atoms with Gasteiger partial charge in [-0.1, -0.05) is 53.0 Å². The molecule has 0 bridgehead atoms. The molecule has 0 aliphatic carbocycles. The van der Waals surface area contributed by atoms with Gasteiger partial charge in [-0.2, -0.15) is 0 Å². The summed E-state index contributed by atoms with van der Waals surface area (Å²) >= 11 is 19.0. The number of carboxylic acid groups (broad SMARTS) is 1. The van der Waals surface area contributed by atoms with Gasteiger partial charge in [0.05, 0.1) is 29.4 Å². The minimum atomic E-state index is -1.04. The molecule has 29 heavy (non-hydrogen) atoms. The van der Waals surface area contributed by atoms with E-state index >= 15 is 0 Å². The molecule has 1 N–H and O–H groups in total. The third kappa shape index (κ3) is 4.40. The normalized spacial score (nSPS) is 10.7. The van der Waals surface area contributed by atoms with Crippen LogP contribution in [-0.2, 0) is 6.54 Å². The molecule has 1 aromatic carbocycles. The number of halogens is 3. The zero-order valence-electron chi connectivity index (χ0n) is 15.5. The van der Waals surface area contributed by atoms with E-state index in [9.17, 15) is 4.79 Å². The quantitative estimate of drug-likeness (QED) is 0.489. The van der Waals surface area contributed by atoms with Crippen LogP contribution in [0.1, 0.15) is 5.56 Å². The Kier molecular flexibility index (Phi) is 6.47. The fourth-order valence-electron chi connectivity index (χ4n) is 2.80. The summed E-state index contributed by atoms with van der Waals surface area (Å²) in [5.41, 5.74) is 3.23. The minimum Gasteiger partial charge on any atom is -0.481 e. The Hall–Kier alpha value is -2.54. The highest BCUT2D eigenvalue weighted by Gasteiger charge is 2.17. The average Bonchev–Trinajstić information content (AvgIpc) is 2.71. The van der Waals surface area contributed by atoms with E-state index in [0.29, 0.717) is 43.9 Å². The first-order valence-corrected chi connectivity index (χ1v) is 9.54. The number of carbonyl (C=O) groups is 1. The Morgan fingerprint density at radius 3 is 2.45 bits per heavy atom. The van der Waals surface area contributed by atoms with Crippen LogP contribution in [-0.4, -0.2) is 40.2 Å². The summed E-state index contributed by atoms with van der Waals surface area (Å²) in [4.78, 5) is 20.7. The lowest BCUT2D eigenvalue weighted by Gasteiger charge is -2.16. The van der Waals surface area contributed by atoms with Gasteiger partial charge in [0.15, 0.2) is 0 Å². The highest BCUT2D eigenvalue weighted by atomic mass is 35.5. The third-order valence-corrected chi connectivity index (χ3v) is 5.45. The number of methoxy groups -OCH3 is 1. The fraction of sp³-hybridized carbons (Fsp3) is 0.150. The van der Waals surface area contributed by atoms with Gasteiger partial charge in [0.2, 0.25) is 5.88 Å². The van der Waals surface area contributed by atoms with Gasteiger partial charge >= 0.3 is 6.09 Å². The number of benzene rings is 1. The summed E-state index contributed by atoms with van der Waals surface area (Å²) < 4.78 is 5.36. The second-order valence-electron chi connectivity index (χ2n) is 6.13. The van der Waals surface area contributed by atoms with Crippen LogP contribution in [0.5, 0.6) is 5.88 Å². The van der Waals surface area contributed by atoms with E-state index in [0.717, 1.165) is 4.90 Å². The molecule has 1 amide bonds. The molecular weight excluding hydrogens is 437 g/mol. The molecule has 0 aliphatic rings. The molecule has 6 nitrogen and oxygen atoms in total. The van der Waals surface area contributed by atoms with Crippen LogP contribution in [0.15, 0.2) is 42.6 Å². The van der Waals surface area contributed by atoms with Crippen molar-refractivity contribution in [3.63, 3.8) is 0 Å². The molecule has 0 saturated heterocycles. The molecule has 0 spiro atoms. The topological polar surface area (TPSA) is 75.6 Å². The first kappa shape index (κ1) is 21.2. The molecule has 0 atom stereocenters. The van der Waals surface area contributed by atoms with Gasteiger partial charge in [-0.3, -0.25) is 0 Å². The van der Waals surface area contributed by atoms with E-state index in [1.807, 2.05) is 18.2 Å². The van der Waals surface area contributed by atoms with Gasteiger partial charge in [0, 0.05) is 35.5 Å². The number of rotatable bonds is 5. The SMILES string of the molecule is COc1nc(-c2cccc(-c3ccnc(Cl)c3Cl)c2Cl)ccc1CN(C)C(=O)O. The van der Waals surface area contributed by atoms with Crippen molar-refractivity contribution in [1.82, 2.24) is 14.9 Å². The average molecular weight is 453 g/mol. The van der Waals surface area contributed by atoms with E-state index in [2.05, 4.69) is 9.97 Å². The highest BCUT2D eigenvalue weighted by Crippen LogP contribution is 2.40. The lowest BCUT2D eigenvalue weighted by molar-refractivity contribution is 0.153. The van der Waals surface area contributed by atoms with Crippen LogP contribution in [0.3, 0.4) is 0 Å². The van der Waals surface area contributed by atoms with Crippen LogP contribution in [0.4, 0.5) is 4.79 Å². The monoisotopic (exact) mass is 451 g/mol. The van der Waals surface area contributed by atoms with Crippen molar-refractivity contribution in [3.05, 3.63) is 63.4 Å². The van der Waals surface area contributed by atoms with Crippen molar-refractivity contribution >= 4 is 40.9 Å². The molecule has 2 aromatic heterocycles. The van der Waals surface area contributed by atoms with Crippen LogP contribution in [0.25, 0.3) is 22.4 Å².